The highest BCUT2D eigenvalue weighted by molar-refractivity contribution is 5.84. The van der Waals surface area contributed by atoms with E-state index in [0.717, 1.165) is 31.4 Å². The molecule has 3 amide bonds. The second-order valence-corrected chi connectivity index (χ2v) is 5.53. The molecule has 7 nitrogen and oxygen atoms in total. The Bertz CT molecular complexity index is 514. The summed E-state index contributed by atoms with van der Waals surface area (Å²) in [6.45, 7) is 2.09. The maximum atomic E-state index is 11.8. The van der Waals surface area contributed by atoms with Gasteiger partial charge in [0.1, 0.15) is 5.82 Å². The Morgan fingerprint density at radius 3 is 2.73 bits per heavy atom. The third-order valence-electron chi connectivity index (χ3n) is 3.64. The van der Waals surface area contributed by atoms with E-state index in [1.54, 1.807) is 19.2 Å². The van der Waals surface area contributed by atoms with Crippen LogP contribution in [0.25, 0.3) is 0 Å². The van der Waals surface area contributed by atoms with Crippen LogP contribution in [0.1, 0.15) is 43.6 Å². The smallest absolute Gasteiger partial charge is 0.315 e. The molecule has 1 aliphatic carbocycles. The molecule has 2 rings (SSSR count). The third-order valence-corrected chi connectivity index (χ3v) is 3.64. The van der Waals surface area contributed by atoms with Crippen LogP contribution < -0.4 is 16.0 Å². The van der Waals surface area contributed by atoms with Crippen molar-refractivity contribution in [2.24, 2.45) is 0 Å². The Kier molecular flexibility index (Phi) is 6.12. The first-order chi connectivity index (χ1) is 10.6. The topological polar surface area (TPSA) is 96.0 Å². The number of urea groups is 1. The van der Waals surface area contributed by atoms with E-state index in [4.69, 9.17) is 0 Å². The summed E-state index contributed by atoms with van der Waals surface area (Å²) in [6.07, 6.45) is 7.29. The molecule has 0 radical (unpaired) electrons. The van der Waals surface area contributed by atoms with Crippen molar-refractivity contribution in [1.29, 1.82) is 0 Å². The molecule has 120 valence electrons. The first-order valence-corrected chi connectivity index (χ1v) is 7.73. The lowest BCUT2D eigenvalue weighted by Crippen LogP contribution is -2.45. The SMILES string of the molecule is Cc1nccc(CNC(=O)NCC(=O)NC2CCCCC2)n1. The van der Waals surface area contributed by atoms with Gasteiger partial charge in [-0.15, -0.1) is 0 Å². The van der Waals surface area contributed by atoms with E-state index in [9.17, 15) is 9.59 Å². The number of aromatic nitrogens is 2. The van der Waals surface area contributed by atoms with Crippen molar-refractivity contribution in [2.45, 2.75) is 51.6 Å². The summed E-state index contributed by atoms with van der Waals surface area (Å²) in [7, 11) is 0. The van der Waals surface area contributed by atoms with Crippen LogP contribution in [0.15, 0.2) is 12.3 Å². The minimum Gasteiger partial charge on any atom is -0.352 e. The van der Waals surface area contributed by atoms with E-state index in [-0.39, 0.29) is 24.5 Å². The van der Waals surface area contributed by atoms with Gasteiger partial charge in [-0.2, -0.15) is 0 Å². The zero-order valence-electron chi connectivity index (χ0n) is 12.9. The Labute approximate surface area is 130 Å². The van der Waals surface area contributed by atoms with Gasteiger partial charge in [-0.1, -0.05) is 19.3 Å². The molecule has 7 heteroatoms. The number of carbonyl (C=O) groups is 2. The van der Waals surface area contributed by atoms with Crippen molar-refractivity contribution in [3.05, 3.63) is 23.8 Å². The van der Waals surface area contributed by atoms with E-state index in [1.165, 1.54) is 6.42 Å². The zero-order valence-corrected chi connectivity index (χ0v) is 12.9. The summed E-state index contributed by atoms with van der Waals surface area (Å²) < 4.78 is 0. The molecule has 0 aliphatic heterocycles. The maximum absolute atomic E-state index is 11.8. The van der Waals surface area contributed by atoms with E-state index < -0.39 is 0 Å². The predicted molar refractivity (Wildman–Crippen MR) is 82.0 cm³/mol. The predicted octanol–water partition coefficient (Wildman–Crippen LogP) is 1.03. The number of hydrogen-bond acceptors (Lipinski definition) is 4. The molecular weight excluding hydrogens is 282 g/mol. The van der Waals surface area contributed by atoms with Crippen molar-refractivity contribution in [1.82, 2.24) is 25.9 Å². The van der Waals surface area contributed by atoms with Gasteiger partial charge in [0.15, 0.2) is 0 Å². The summed E-state index contributed by atoms with van der Waals surface area (Å²) in [4.78, 5) is 31.6. The number of amides is 3. The molecule has 1 aliphatic rings. The summed E-state index contributed by atoms with van der Waals surface area (Å²) in [6, 6.07) is 1.62. The minimum absolute atomic E-state index is 0.00879. The van der Waals surface area contributed by atoms with Gasteiger partial charge in [0.2, 0.25) is 5.91 Å². The van der Waals surface area contributed by atoms with Crippen LogP contribution in [0.5, 0.6) is 0 Å². The van der Waals surface area contributed by atoms with Gasteiger partial charge in [0, 0.05) is 12.2 Å². The summed E-state index contributed by atoms with van der Waals surface area (Å²) in [5, 5.41) is 8.17. The normalized spacial score (nSPS) is 15.1. The van der Waals surface area contributed by atoms with Crippen LogP contribution in [0.2, 0.25) is 0 Å². The number of nitrogens with zero attached hydrogens (tertiary/aromatic N) is 2. The average Bonchev–Trinajstić information content (AvgIpc) is 2.52. The number of carbonyl (C=O) groups excluding carboxylic acids is 2. The Morgan fingerprint density at radius 2 is 2.00 bits per heavy atom. The highest BCUT2D eigenvalue weighted by Crippen LogP contribution is 2.16. The first kappa shape index (κ1) is 16.2. The lowest BCUT2D eigenvalue weighted by molar-refractivity contribution is -0.121. The molecule has 0 atom stereocenters. The average molecular weight is 305 g/mol. The number of nitrogens with one attached hydrogen (secondary N) is 3. The molecule has 0 unspecified atom stereocenters. The van der Waals surface area contributed by atoms with E-state index in [0.29, 0.717) is 12.4 Å². The minimum atomic E-state index is -0.380. The largest absolute Gasteiger partial charge is 0.352 e. The molecule has 1 aromatic heterocycles. The Morgan fingerprint density at radius 1 is 1.23 bits per heavy atom. The van der Waals surface area contributed by atoms with Crippen LogP contribution >= 0.6 is 0 Å². The second-order valence-electron chi connectivity index (χ2n) is 5.53. The summed E-state index contributed by atoms with van der Waals surface area (Å²) in [5.41, 5.74) is 0.731. The number of rotatable bonds is 5. The zero-order chi connectivity index (χ0) is 15.8. The van der Waals surface area contributed by atoms with Crippen molar-refractivity contribution < 1.29 is 9.59 Å². The van der Waals surface area contributed by atoms with Crippen LogP contribution in [0.3, 0.4) is 0 Å². The van der Waals surface area contributed by atoms with Gasteiger partial charge in [0.05, 0.1) is 18.8 Å². The fourth-order valence-electron chi connectivity index (χ4n) is 2.52. The lowest BCUT2D eigenvalue weighted by Gasteiger charge is -2.22. The van der Waals surface area contributed by atoms with Gasteiger partial charge >= 0.3 is 6.03 Å². The van der Waals surface area contributed by atoms with Gasteiger partial charge in [-0.3, -0.25) is 4.79 Å². The molecular formula is C15H23N5O2. The summed E-state index contributed by atoms with van der Waals surface area (Å²) in [5.74, 6) is 0.520. The molecule has 0 aromatic carbocycles. The Hall–Kier alpha value is -2.18. The fourth-order valence-corrected chi connectivity index (χ4v) is 2.52. The van der Waals surface area contributed by atoms with Crippen molar-refractivity contribution in [2.75, 3.05) is 6.54 Å². The van der Waals surface area contributed by atoms with E-state index >= 15 is 0 Å². The van der Waals surface area contributed by atoms with Crippen LogP contribution in [0, 0.1) is 6.92 Å². The van der Waals surface area contributed by atoms with E-state index in [2.05, 4.69) is 25.9 Å². The summed E-state index contributed by atoms with van der Waals surface area (Å²) >= 11 is 0. The van der Waals surface area contributed by atoms with Crippen LogP contribution in [-0.4, -0.2) is 34.5 Å². The number of aryl methyl sites for hydroxylation is 1. The molecule has 1 heterocycles. The standard InChI is InChI=1S/C15H23N5O2/c1-11-16-8-7-13(19-11)9-17-15(22)18-10-14(21)20-12-5-3-2-4-6-12/h7-8,12H,2-6,9-10H2,1H3,(H,20,21)(H2,17,18,22). The highest BCUT2D eigenvalue weighted by atomic mass is 16.2. The molecule has 0 bridgehead atoms. The quantitative estimate of drug-likeness (QED) is 0.757. The highest BCUT2D eigenvalue weighted by Gasteiger charge is 2.15. The lowest BCUT2D eigenvalue weighted by atomic mass is 9.95. The number of hydrogen-bond donors (Lipinski definition) is 3. The van der Waals surface area contributed by atoms with Gasteiger partial charge in [0.25, 0.3) is 0 Å². The molecule has 0 saturated heterocycles. The van der Waals surface area contributed by atoms with E-state index in [1.807, 2.05) is 0 Å². The molecule has 22 heavy (non-hydrogen) atoms. The molecule has 1 saturated carbocycles. The second kappa shape index (κ2) is 8.31. The maximum Gasteiger partial charge on any atom is 0.315 e. The van der Waals surface area contributed by atoms with Gasteiger partial charge < -0.3 is 16.0 Å². The van der Waals surface area contributed by atoms with Crippen LogP contribution in [-0.2, 0) is 11.3 Å². The molecule has 0 spiro atoms. The Balaban J connectivity index is 1.63. The third kappa shape index (κ3) is 5.67. The van der Waals surface area contributed by atoms with Gasteiger partial charge in [-0.25, -0.2) is 14.8 Å². The van der Waals surface area contributed by atoms with Crippen molar-refractivity contribution >= 4 is 11.9 Å². The first-order valence-electron chi connectivity index (χ1n) is 7.73. The molecule has 1 aromatic rings. The van der Waals surface area contributed by atoms with Crippen molar-refractivity contribution in [3.63, 3.8) is 0 Å². The molecule has 1 fully saturated rings. The van der Waals surface area contributed by atoms with Gasteiger partial charge in [-0.05, 0) is 25.8 Å². The monoisotopic (exact) mass is 305 g/mol. The molecule has 3 N–H and O–H groups in total. The van der Waals surface area contributed by atoms with Crippen molar-refractivity contribution in [3.8, 4) is 0 Å². The van der Waals surface area contributed by atoms with Crippen LogP contribution in [0.4, 0.5) is 4.79 Å². The fraction of sp³-hybridized carbons (Fsp3) is 0.600.